The molecule has 3 aromatic rings. The number of halogens is 1. The van der Waals surface area contributed by atoms with Crippen LogP contribution in [0.3, 0.4) is 0 Å². The Labute approximate surface area is 190 Å². The number of aromatic nitrogens is 4. The molecule has 1 saturated heterocycles. The summed E-state index contributed by atoms with van der Waals surface area (Å²) >= 11 is 0. The molecule has 10 nitrogen and oxygen atoms in total. The lowest BCUT2D eigenvalue weighted by molar-refractivity contribution is 0.0940. The van der Waals surface area contributed by atoms with Crippen molar-refractivity contribution in [3.63, 3.8) is 0 Å². The van der Waals surface area contributed by atoms with Gasteiger partial charge in [-0.25, -0.2) is 18.9 Å². The number of anilines is 3. The molecule has 4 heterocycles. The number of rotatable bonds is 8. The Morgan fingerprint density at radius 2 is 2.12 bits per heavy atom. The third-order valence-corrected chi connectivity index (χ3v) is 5.95. The van der Waals surface area contributed by atoms with Gasteiger partial charge in [-0.15, -0.1) is 5.10 Å². The first-order chi connectivity index (χ1) is 16.1. The Hall–Kier alpha value is -3.47. The van der Waals surface area contributed by atoms with Gasteiger partial charge in [0.1, 0.15) is 11.9 Å². The molecule has 3 aromatic heterocycles. The first-order valence-electron chi connectivity index (χ1n) is 11.2. The van der Waals surface area contributed by atoms with Crippen molar-refractivity contribution in [1.29, 1.82) is 0 Å². The zero-order chi connectivity index (χ0) is 22.8. The van der Waals surface area contributed by atoms with Crippen LogP contribution in [0.2, 0.25) is 0 Å². The fourth-order valence-corrected chi connectivity index (χ4v) is 3.91. The average Bonchev–Trinajstić information content (AvgIpc) is 3.35. The smallest absolute Gasteiger partial charge is 0.271 e. The van der Waals surface area contributed by atoms with E-state index in [-0.39, 0.29) is 5.69 Å². The average molecular weight is 455 g/mol. The van der Waals surface area contributed by atoms with Crippen LogP contribution in [0, 0.1) is 5.92 Å². The molecule has 0 radical (unpaired) electrons. The fourth-order valence-electron chi connectivity index (χ4n) is 3.91. The van der Waals surface area contributed by atoms with Crippen LogP contribution in [-0.2, 0) is 0 Å². The molecule has 1 saturated carbocycles. The molecule has 11 heteroatoms. The van der Waals surface area contributed by atoms with E-state index in [0.717, 1.165) is 25.9 Å². The number of nitrogens with zero attached hydrogens (tertiary/aromatic N) is 4. The highest BCUT2D eigenvalue weighted by Crippen LogP contribution is 2.29. The van der Waals surface area contributed by atoms with Gasteiger partial charge in [0.25, 0.3) is 5.91 Å². The molecule has 2 aliphatic rings. The molecule has 2 atom stereocenters. The minimum Gasteiger partial charge on any atom is -0.476 e. The largest absolute Gasteiger partial charge is 0.476 e. The van der Waals surface area contributed by atoms with E-state index in [9.17, 15) is 9.18 Å². The SMILES string of the molecule is CNc1cc(Nc2cccnc2OCC2CCNCC2)nn2c(C(=O)NC3C[C@@H]3F)cnc12. The van der Waals surface area contributed by atoms with E-state index in [1.165, 1.54) is 10.7 Å². The maximum Gasteiger partial charge on any atom is 0.271 e. The number of pyridine rings is 1. The summed E-state index contributed by atoms with van der Waals surface area (Å²) in [5.41, 5.74) is 2.08. The van der Waals surface area contributed by atoms with Gasteiger partial charge in [0.15, 0.2) is 17.2 Å². The summed E-state index contributed by atoms with van der Waals surface area (Å²) in [5.74, 6) is 1.06. The van der Waals surface area contributed by atoms with Crippen LogP contribution in [0.5, 0.6) is 5.88 Å². The predicted molar refractivity (Wildman–Crippen MR) is 122 cm³/mol. The summed E-state index contributed by atoms with van der Waals surface area (Å²) in [6, 6.07) is 5.04. The summed E-state index contributed by atoms with van der Waals surface area (Å²) in [4.78, 5) is 21.3. The molecule has 2 fully saturated rings. The second-order valence-corrected chi connectivity index (χ2v) is 8.39. The van der Waals surface area contributed by atoms with Crippen molar-refractivity contribution in [2.24, 2.45) is 5.92 Å². The molecule has 1 unspecified atom stereocenters. The minimum atomic E-state index is -0.986. The molecular weight excluding hydrogens is 427 g/mol. The van der Waals surface area contributed by atoms with E-state index in [1.54, 1.807) is 19.3 Å². The van der Waals surface area contributed by atoms with Gasteiger partial charge in [-0.3, -0.25) is 4.79 Å². The van der Waals surface area contributed by atoms with E-state index in [2.05, 4.69) is 36.3 Å². The van der Waals surface area contributed by atoms with Gasteiger partial charge < -0.3 is 26.0 Å². The molecule has 174 valence electrons. The van der Waals surface area contributed by atoms with Crippen molar-refractivity contribution in [2.45, 2.75) is 31.5 Å². The van der Waals surface area contributed by atoms with E-state index in [0.29, 0.717) is 47.7 Å². The van der Waals surface area contributed by atoms with Crippen LogP contribution in [0.1, 0.15) is 29.8 Å². The number of imidazole rings is 1. The molecule has 1 amide bonds. The molecular formula is C22H27FN8O2. The minimum absolute atomic E-state index is 0.234. The number of hydrogen-bond donors (Lipinski definition) is 4. The normalized spacial score (nSPS) is 20.4. The van der Waals surface area contributed by atoms with Crippen molar-refractivity contribution in [2.75, 3.05) is 37.4 Å². The molecule has 0 spiro atoms. The molecule has 33 heavy (non-hydrogen) atoms. The third-order valence-electron chi connectivity index (χ3n) is 5.95. The highest BCUT2D eigenvalue weighted by Gasteiger charge is 2.39. The van der Waals surface area contributed by atoms with Crippen LogP contribution < -0.4 is 26.0 Å². The number of hydrogen-bond acceptors (Lipinski definition) is 8. The van der Waals surface area contributed by atoms with Gasteiger partial charge in [0.2, 0.25) is 5.88 Å². The van der Waals surface area contributed by atoms with Gasteiger partial charge in [-0.05, 0) is 44.0 Å². The standard InChI is InChI=1S/C22H27FN8O2/c1-24-17-10-19(30-31-18(11-27-20(17)31)21(32)29-16-9-14(16)23)28-15-3-2-6-26-22(15)33-12-13-4-7-25-8-5-13/h2-3,6,10-11,13-14,16,24-25H,4-5,7-9,12H2,1H3,(H,28,30)(H,29,32)/t14-,16?/m0/s1. The Bertz CT molecular complexity index is 1150. The lowest BCUT2D eigenvalue weighted by Crippen LogP contribution is -2.30. The maximum atomic E-state index is 13.2. The quantitative estimate of drug-likeness (QED) is 0.409. The van der Waals surface area contributed by atoms with Gasteiger partial charge in [-0.2, -0.15) is 0 Å². The topological polar surface area (TPSA) is 118 Å². The highest BCUT2D eigenvalue weighted by atomic mass is 19.1. The lowest BCUT2D eigenvalue weighted by Gasteiger charge is -2.23. The van der Waals surface area contributed by atoms with Crippen molar-refractivity contribution in [3.8, 4) is 5.88 Å². The second kappa shape index (κ2) is 9.18. The monoisotopic (exact) mass is 454 g/mol. The Balaban J connectivity index is 1.38. The molecule has 0 aromatic carbocycles. The molecule has 5 rings (SSSR count). The number of amides is 1. The number of nitrogens with one attached hydrogen (secondary N) is 4. The Morgan fingerprint density at radius 3 is 2.88 bits per heavy atom. The summed E-state index contributed by atoms with van der Waals surface area (Å²) in [5, 5.41) is 16.9. The van der Waals surface area contributed by atoms with Crippen LogP contribution in [-0.4, -0.2) is 64.4 Å². The van der Waals surface area contributed by atoms with E-state index in [1.807, 2.05) is 12.1 Å². The number of alkyl halides is 1. The summed E-state index contributed by atoms with van der Waals surface area (Å²) in [6.07, 6.45) is 4.64. The predicted octanol–water partition coefficient (Wildman–Crippen LogP) is 2.13. The van der Waals surface area contributed by atoms with Crippen LogP contribution >= 0.6 is 0 Å². The van der Waals surface area contributed by atoms with Crippen LogP contribution in [0.4, 0.5) is 21.6 Å². The van der Waals surface area contributed by atoms with Crippen molar-refractivity contribution < 1.29 is 13.9 Å². The first-order valence-corrected chi connectivity index (χ1v) is 11.2. The van der Waals surface area contributed by atoms with Crippen molar-refractivity contribution in [3.05, 3.63) is 36.3 Å². The number of piperidine rings is 1. The summed E-state index contributed by atoms with van der Waals surface area (Å²) < 4.78 is 20.7. The van der Waals surface area contributed by atoms with Gasteiger partial charge in [-0.1, -0.05) is 0 Å². The zero-order valence-electron chi connectivity index (χ0n) is 18.3. The van der Waals surface area contributed by atoms with Crippen molar-refractivity contribution >= 4 is 28.7 Å². The first kappa shape index (κ1) is 21.4. The maximum absolute atomic E-state index is 13.2. The third kappa shape index (κ3) is 4.68. The zero-order valence-corrected chi connectivity index (χ0v) is 18.3. The van der Waals surface area contributed by atoms with Gasteiger partial charge >= 0.3 is 0 Å². The second-order valence-electron chi connectivity index (χ2n) is 8.39. The number of fused-ring (bicyclic) bond motifs is 1. The van der Waals surface area contributed by atoms with E-state index < -0.39 is 18.1 Å². The van der Waals surface area contributed by atoms with Crippen LogP contribution in [0.15, 0.2) is 30.6 Å². The molecule has 1 aliphatic carbocycles. The highest BCUT2D eigenvalue weighted by molar-refractivity contribution is 5.94. The molecule has 1 aliphatic heterocycles. The lowest BCUT2D eigenvalue weighted by atomic mass is 9.99. The van der Waals surface area contributed by atoms with E-state index in [4.69, 9.17) is 4.74 Å². The number of carbonyl (C=O) groups is 1. The van der Waals surface area contributed by atoms with Crippen molar-refractivity contribution in [1.82, 2.24) is 30.2 Å². The summed E-state index contributed by atoms with van der Waals surface area (Å²) in [6.45, 7) is 2.61. The Morgan fingerprint density at radius 1 is 1.30 bits per heavy atom. The summed E-state index contributed by atoms with van der Waals surface area (Å²) in [7, 11) is 1.77. The number of carbonyl (C=O) groups excluding carboxylic acids is 1. The number of ether oxygens (including phenoxy) is 1. The van der Waals surface area contributed by atoms with Crippen LogP contribution in [0.25, 0.3) is 5.65 Å². The fraction of sp³-hybridized carbons (Fsp3) is 0.455. The molecule has 4 N–H and O–H groups in total. The molecule has 0 bridgehead atoms. The van der Waals surface area contributed by atoms with E-state index >= 15 is 0 Å². The van der Waals surface area contributed by atoms with Gasteiger partial charge in [0.05, 0.1) is 24.5 Å². The van der Waals surface area contributed by atoms with Gasteiger partial charge in [0, 0.05) is 25.7 Å². The Kier molecular flexibility index (Phi) is 5.95.